The van der Waals surface area contributed by atoms with E-state index in [1.807, 2.05) is 0 Å². The van der Waals surface area contributed by atoms with Crippen LogP contribution in [0, 0.1) is 0 Å². The van der Waals surface area contributed by atoms with Crippen molar-refractivity contribution in [3.8, 4) is 0 Å². The summed E-state index contributed by atoms with van der Waals surface area (Å²) in [6.07, 6.45) is 8.66. The molecule has 1 atom stereocenters. The smallest absolute Gasteiger partial charge is 0.222 e. The van der Waals surface area contributed by atoms with Crippen LogP contribution in [0.1, 0.15) is 71.6 Å². The van der Waals surface area contributed by atoms with Crippen LogP contribution in [0.15, 0.2) is 0 Å². The van der Waals surface area contributed by atoms with Gasteiger partial charge in [0, 0.05) is 24.6 Å². The van der Waals surface area contributed by atoms with Gasteiger partial charge in [-0.25, -0.2) is 0 Å². The molecule has 1 aliphatic carbocycles. The summed E-state index contributed by atoms with van der Waals surface area (Å²) < 4.78 is 5.95. The molecule has 20 heavy (non-hydrogen) atoms. The summed E-state index contributed by atoms with van der Waals surface area (Å²) >= 11 is 0. The van der Waals surface area contributed by atoms with Crippen molar-refractivity contribution in [3.63, 3.8) is 0 Å². The van der Waals surface area contributed by atoms with Crippen LogP contribution < -0.4 is 11.1 Å². The first-order chi connectivity index (χ1) is 9.51. The summed E-state index contributed by atoms with van der Waals surface area (Å²) in [5, 5.41) is 3.20. The van der Waals surface area contributed by atoms with Crippen molar-refractivity contribution in [2.75, 3.05) is 6.61 Å². The van der Waals surface area contributed by atoms with Crippen LogP contribution in [0.25, 0.3) is 0 Å². The highest BCUT2D eigenvalue weighted by Crippen LogP contribution is 2.32. The van der Waals surface area contributed by atoms with Crippen molar-refractivity contribution in [2.24, 2.45) is 5.73 Å². The minimum absolute atomic E-state index is 0.0377. The molecule has 1 saturated carbocycles. The number of amides is 1. The minimum atomic E-state index is -0.248. The van der Waals surface area contributed by atoms with E-state index in [2.05, 4.69) is 19.2 Å². The first kappa shape index (κ1) is 15.8. The molecule has 1 unspecified atom stereocenters. The average molecular weight is 282 g/mol. The lowest BCUT2D eigenvalue weighted by molar-refractivity contribution is -0.127. The molecule has 0 aromatic carbocycles. The molecule has 1 saturated heterocycles. The highest BCUT2D eigenvalue weighted by Gasteiger charge is 2.36. The van der Waals surface area contributed by atoms with Crippen molar-refractivity contribution < 1.29 is 9.53 Å². The van der Waals surface area contributed by atoms with E-state index in [9.17, 15) is 4.79 Å². The van der Waals surface area contributed by atoms with E-state index in [1.165, 1.54) is 0 Å². The molecule has 3 N–H and O–H groups in total. The molecule has 2 aliphatic rings. The Balaban J connectivity index is 1.84. The third-order valence-corrected chi connectivity index (χ3v) is 5.26. The molecular weight excluding hydrogens is 252 g/mol. The second kappa shape index (κ2) is 6.44. The standard InChI is InChI=1S/C16H30N2O2/c1-3-16(4-2)11-13(7-10-20-16)18-14(19)12-15(17)8-5-6-9-15/h13H,3-12,17H2,1-2H3,(H,18,19). The Morgan fingerprint density at radius 2 is 1.95 bits per heavy atom. The second-order valence-electron chi connectivity index (χ2n) is 6.74. The summed E-state index contributed by atoms with van der Waals surface area (Å²) in [5.41, 5.74) is 6.00. The Morgan fingerprint density at radius 3 is 2.55 bits per heavy atom. The van der Waals surface area contributed by atoms with Crippen molar-refractivity contribution in [3.05, 3.63) is 0 Å². The van der Waals surface area contributed by atoms with Gasteiger partial charge >= 0.3 is 0 Å². The minimum Gasteiger partial charge on any atom is -0.375 e. The molecule has 116 valence electrons. The quantitative estimate of drug-likeness (QED) is 0.814. The van der Waals surface area contributed by atoms with Gasteiger partial charge in [-0.2, -0.15) is 0 Å². The summed E-state index contributed by atoms with van der Waals surface area (Å²) in [6, 6.07) is 0.251. The molecule has 2 fully saturated rings. The lowest BCUT2D eigenvalue weighted by atomic mass is 9.85. The molecule has 4 nitrogen and oxygen atoms in total. The number of nitrogens with two attached hydrogens (primary N) is 1. The van der Waals surface area contributed by atoms with Crippen molar-refractivity contribution >= 4 is 5.91 Å². The summed E-state index contributed by atoms with van der Waals surface area (Å²) in [5.74, 6) is 0.127. The van der Waals surface area contributed by atoms with Crippen molar-refractivity contribution in [1.82, 2.24) is 5.32 Å². The summed E-state index contributed by atoms with van der Waals surface area (Å²) in [7, 11) is 0. The van der Waals surface area contributed by atoms with Gasteiger partial charge in [0.25, 0.3) is 0 Å². The summed E-state index contributed by atoms with van der Waals surface area (Å²) in [4.78, 5) is 12.2. The molecule has 1 heterocycles. The Hall–Kier alpha value is -0.610. The number of hydrogen-bond acceptors (Lipinski definition) is 3. The predicted molar refractivity (Wildman–Crippen MR) is 80.4 cm³/mol. The number of carbonyl (C=O) groups excluding carboxylic acids is 1. The zero-order valence-corrected chi connectivity index (χ0v) is 13.0. The maximum Gasteiger partial charge on any atom is 0.222 e. The molecule has 0 spiro atoms. The van der Waals surface area contributed by atoms with Crippen LogP contribution in [0.4, 0.5) is 0 Å². The highest BCUT2D eigenvalue weighted by molar-refractivity contribution is 5.77. The van der Waals surface area contributed by atoms with Crippen LogP contribution in [0.3, 0.4) is 0 Å². The fraction of sp³-hybridized carbons (Fsp3) is 0.938. The molecule has 1 amide bonds. The summed E-state index contributed by atoms with van der Waals surface area (Å²) in [6.45, 7) is 5.09. The van der Waals surface area contributed by atoms with Crippen LogP contribution in [0.2, 0.25) is 0 Å². The van der Waals surface area contributed by atoms with E-state index in [-0.39, 0.29) is 23.1 Å². The lowest BCUT2D eigenvalue weighted by Gasteiger charge is -2.40. The first-order valence-electron chi connectivity index (χ1n) is 8.23. The SMILES string of the molecule is CCC1(CC)CC(NC(=O)CC2(N)CCCC2)CCO1. The zero-order chi connectivity index (χ0) is 14.6. The van der Waals surface area contributed by atoms with Gasteiger partial charge < -0.3 is 15.8 Å². The maximum absolute atomic E-state index is 12.2. The molecular formula is C16H30N2O2. The molecule has 2 rings (SSSR count). The monoisotopic (exact) mass is 282 g/mol. The van der Waals surface area contributed by atoms with Crippen molar-refractivity contribution in [1.29, 1.82) is 0 Å². The van der Waals surface area contributed by atoms with Gasteiger partial charge in [0.2, 0.25) is 5.91 Å². The van der Waals surface area contributed by atoms with E-state index in [1.54, 1.807) is 0 Å². The Kier molecular flexibility index (Phi) is 5.08. The molecule has 0 aromatic heterocycles. The second-order valence-corrected chi connectivity index (χ2v) is 6.74. The van der Waals surface area contributed by atoms with Gasteiger partial charge in [-0.05, 0) is 38.5 Å². The van der Waals surface area contributed by atoms with E-state index < -0.39 is 0 Å². The number of carbonyl (C=O) groups is 1. The van der Waals surface area contributed by atoms with E-state index in [0.717, 1.165) is 58.0 Å². The third-order valence-electron chi connectivity index (χ3n) is 5.26. The molecule has 0 bridgehead atoms. The van der Waals surface area contributed by atoms with Gasteiger partial charge in [0.1, 0.15) is 0 Å². The van der Waals surface area contributed by atoms with Crippen LogP contribution >= 0.6 is 0 Å². The normalized spacial score (nSPS) is 28.2. The van der Waals surface area contributed by atoms with Gasteiger partial charge in [-0.15, -0.1) is 0 Å². The van der Waals surface area contributed by atoms with Crippen LogP contribution in [-0.4, -0.2) is 29.7 Å². The molecule has 0 radical (unpaired) electrons. The van der Waals surface area contributed by atoms with Gasteiger partial charge in [-0.3, -0.25) is 4.79 Å². The Labute approximate surface area is 122 Å². The lowest BCUT2D eigenvalue weighted by Crippen LogP contribution is -2.50. The number of nitrogens with one attached hydrogen (secondary N) is 1. The van der Waals surface area contributed by atoms with E-state index >= 15 is 0 Å². The van der Waals surface area contributed by atoms with E-state index in [4.69, 9.17) is 10.5 Å². The fourth-order valence-electron chi connectivity index (χ4n) is 3.75. The third kappa shape index (κ3) is 3.73. The average Bonchev–Trinajstić information content (AvgIpc) is 2.85. The number of hydrogen-bond donors (Lipinski definition) is 2. The van der Waals surface area contributed by atoms with E-state index in [0.29, 0.717) is 6.42 Å². The largest absolute Gasteiger partial charge is 0.375 e. The number of ether oxygens (including phenoxy) is 1. The molecule has 4 heteroatoms. The highest BCUT2D eigenvalue weighted by atomic mass is 16.5. The van der Waals surface area contributed by atoms with Crippen LogP contribution in [-0.2, 0) is 9.53 Å². The zero-order valence-electron chi connectivity index (χ0n) is 13.0. The molecule has 1 aliphatic heterocycles. The Bertz CT molecular complexity index is 333. The predicted octanol–water partition coefficient (Wildman–Crippen LogP) is 2.50. The van der Waals surface area contributed by atoms with Gasteiger partial charge in [0.05, 0.1) is 5.60 Å². The fourth-order valence-corrected chi connectivity index (χ4v) is 3.75. The van der Waals surface area contributed by atoms with Gasteiger partial charge in [0.15, 0.2) is 0 Å². The molecule has 0 aromatic rings. The Morgan fingerprint density at radius 1 is 1.30 bits per heavy atom. The first-order valence-corrected chi connectivity index (χ1v) is 8.23. The van der Waals surface area contributed by atoms with Crippen LogP contribution in [0.5, 0.6) is 0 Å². The maximum atomic E-state index is 12.2. The van der Waals surface area contributed by atoms with Crippen molar-refractivity contribution in [2.45, 2.75) is 88.8 Å². The number of rotatable bonds is 5. The van der Waals surface area contributed by atoms with Gasteiger partial charge in [-0.1, -0.05) is 26.7 Å². The topological polar surface area (TPSA) is 64.4 Å².